The van der Waals surface area contributed by atoms with Crippen LogP contribution in [-0.4, -0.2) is 19.6 Å². The van der Waals surface area contributed by atoms with Crippen molar-refractivity contribution in [3.8, 4) is 0 Å². The topological polar surface area (TPSA) is 38.0 Å². The summed E-state index contributed by atoms with van der Waals surface area (Å²) in [5.41, 5.74) is 6.33. The van der Waals surface area contributed by atoms with E-state index in [2.05, 4.69) is 5.32 Å². The Morgan fingerprint density at radius 1 is 1.07 bits per heavy atom. The van der Waals surface area contributed by atoms with Gasteiger partial charge in [-0.3, -0.25) is 0 Å². The van der Waals surface area contributed by atoms with E-state index in [9.17, 15) is 0 Å². The van der Waals surface area contributed by atoms with Crippen LogP contribution < -0.4 is 11.1 Å². The van der Waals surface area contributed by atoms with Crippen LogP contribution >= 0.6 is 0 Å². The lowest BCUT2D eigenvalue weighted by molar-refractivity contribution is 0.137. The predicted molar refractivity (Wildman–Crippen MR) is 64.8 cm³/mol. The second kappa shape index (κ2) is 5.31. The lowest BCUT2D eigenvalue weighted by Crippen LogP contribution is -2.46. The van der Waals surface area contributed by atoms with Crippen molar-refractivity contribution in [2.75, 3.05) is 19.6 Å². The van der Waals surface area contributed by atoms with E-state index in [1.807, 2.05) is 0 Å². The molecule has 0 aromatic carbocycles. The molecule has 2 nitrogen and oxygen atoms in total. The Balaban J connectivity index is 1.61. The SMILES string of the molecule is NCC1(CNCC2CCCCC2)CCC1. The van der Waals surface area contributed by atoms with Crippen LogP contribution in [0.3, 0.4) is 0 Å². The molecular formula is C13H26N2. The largest absolute Gasteiger partial charge is 0.330 e. The van der Waals surface area contributed by atoms with Crippen molar-refractivity contribution in [3.05, 3.63) is 0 Å². The summed E-state index contributed by atoms with van der Waals surface area (Å²) in [6, 6.07) is 0. The second-order valence-corrected chi connectivity index (χ2v) is 5.69. The first-order valence-corrected chi connectivity index (χ1v) is 6.75. The molecule has 3 N–H and O–H groups in total. The van der Waals surface area contributed by atoms with Gasteiger partial charge in [-0.2, -0.15) is 0 Å². The standard InChI is InChI=1S/C13H26N2/c14-10-13(7-4-8-13)11-15-9-12-5-2-1-3-6-12/h12,15H,1-11,14H2. The van der Waals surface area contributed by atoms with Gasteiger partial charge in [-0.05, 0) is 50.1 Å². The molecule has 2 aliphatic carbocycles. The summed E-state index contributed by atoms with van der Waals surface area (Å²) >= 11 is 0. The van der Waals surface area contributed by atoms with Crippen LogP contribution in [0.4, 0.5) is 0 Å². The van der Waals surface area contributed by atoms with Gasteiger partial charge in [-0.1, -0.05) is 25.7 Å². The fourth-order valence-corrected chi connectivity index (χ4v) is 3.06. The van der Waals surface area contributed by atoms with Gasteiger partial charge < -0.3 is 11.1 Å². The minimum Gasteiger partial charge on any atom is -0.330 e. The Hall–Kier alpha value is -0.0800. The summed E-state index contributed by atoms with van der Waals surface area (Å²) in [7, 11) is 0. The normalized spacial score (nSPS) is 26.2. The molecule has 0 bridgehead atoms. The molecule has 2 rings (SSSR count). The molecular weight excluding hydrogens is 184 g/mol. The van der Waals surface area contributed by atoms with Crippen LogP contribution in [0.5, 0.6) is 0 Å². The first-order valence-electron chi connectivity index (χ1n) is 6.75. The fraction of sp³-hybridized carbons (Fsp3) is 1.00. The molecule has 0 aromatic rings. The number of nitrogens with two attached hydrogens (primary N) is 1. The summed E-state index contributed by atoms with van der Waals surface area (Å²) in [6.07, 6.45) is 11.3. The van der Waals surface area contributed by atoms with Crippen molar-refractivity contribution in [1.29, 1.82) is 0 Å². The highest BCUT2D eigenvalue weighted by Crippen LogP contribution is 2.39. The number of hydrogen-bond donors (Lipinski definition) is 2. The molecule has 0 amide bonds. The molecule has 2 saturated carbocycles. The second-order valence-electron chi connectivity index (χ2n) is 5.69. The third kappa shape index (κ3) is 2.94. The number of rotatable bonds is 5. The third-order valence-electron chi connectivity index (χ3n) is 4.50. The van der Waals surface area contributed by atoms with Gasteiger partial charge in [0.2, 0.25) is 0 Å². The van der Waals surface area contributed by atoms with Crippen LogP contribution in [0.25, 0.3) is 0 Å². The van der Waals surface area contributed by atoms with Gasteiger partial charge in [0, 0.05) is 6.54 Å². The highest BCUT2D eigenvalue weighted by Gasteiger charge is 2.35. The molecule has 0 saturated heterocycles. The van der Waals surface area contributed by atoms with Crippen molar-refractivity contribution < 1.29 is 0 Å². The summed E-state index contributed by atoms with van der Waals surface area (Å²) < 4.78 is 0. The Bertz CT molecular complexity index is 175. The fourth-order valence-electron chi connectivity index (χ4n) is 3.06. The molecule has 88 valence electrons. The molecule has 0 aliphatic heterocycles. The van der Waals surface area contributed by atoms with Gasteiger partial charge in [-0.15, -0.1) is 0 Å². The van der Waals surface area contributed by atoms with Crippen molar-refractivity contribution >= 4 is 0 Å². The average Bonchev–Trinajstić information content (AvgIpc) is 2.24. The Labute approximate surface area is 94.0 Å². The van der Waals surface area contributed by atoms with E-state index in [1.165, 1.54) is 64.5 Å². The number of nitrogens with one attached hydrogen (secondary N) is 1. The van der Waals surface area contributed by atoms with Crippen LogP contribution in [0, 0.1) is 11.3 Å². The minimum absolute atomic E-state index is 0.481. The van der Waals surface area contributed by atoms with Crippen LogP contribution in [0.2, 0.25) is 0 Å². The Morgan fingerprint density at radius 3 is 2.33 bits per heavy atom. The summed E-state index contributed by atoms with van der Waals surface area (Å²) in [6.45, 7) is 3.28. The van der Waals surface area contributed by atoms with E-state index >= 15 is 0 Å². The summed E-state index contributed by atoms with van der Waals surface area (Å²) in [4.78, 5) is 0. The zero-order valence-corrected chi connectivity index (χ0v) is 9.93. The highest BCUT2D eigenvalue weighted by molar-refractivity contribution is 4.90. The van der Waals surface area contributed by atoms with Gasteiger partial charge in [-0.25, -0.2) is 0 Å². The lowest BCUT2D eigenvalue weighted by Gasteiger charge is -2.41. The molecule has 0 spiro atoms. The monoisotopic (exact) mass is 210 g/mol. The smallest absolute Gasteiger partial charge is 0.00200 e. The first kappa shape index (κ1) is 11.4. The summed E-state index contributed by atoms with van der Waals surface area (Å²) in [5.74, 6) is 0.952. The van der Waals surface area contributed by atoms with E-state index in [4.69, 9.17) is 5.73 Å². The molecule has 0 atom stereocenters. The number of hydrogen-bond acceptors (Lipinski definition) is 2. The van der Waals surface area contributed by atoms with E-state index in [0.29, 0.717) is 5.41 Å². The molecule has 0 aromatic heterocycles. The Morgan fingerprint density at radius 2 is 1.80 bits per heavy atom. The van der Waals surface area contributed by atoms with Gasteiger partial charge in [0.05, 0.1) is 0 Å². The quantitative estimate of drug-likeness (QED) is 0.730. The van der Waals surface area contributed by atoms with Crippen molar-refractivity contribution in [1.82, 2.24) is 5.32 Å². The van der Waals surface area contributed by atoms with Gasteiger partial charge in [0.25, 0.3) is 0 Å². The third-order valence-corrected chi connectivity index (χ3v) is 4.50. The van der Waals surface area contributed by atoms with Crippen LogP contribution in [-0.2, 0) is 0 Å². The Kier molecular flexibility index (Phi) is 4.04. The van der Waals surface area contributed by atoms with Crippen molar-refractivity contribution in [3.63, 3.8) is 0 Å². The zero-order chi connectivity index (χ0) is 10.6. The van der Waals surface area contributed by atoms with E-state index in [0.717, 1.165) is 12.5 Å². The van der Waals surface area contributed by atoms with Crippen LogP contribution in [0.15, 0.2) is 0 Å². The minimum atomic E-state index is 0.481. The van der Waals surface area contributed by atoms with Crippen molar-refractivity contribution in [2.24, 2.45) is 17.1 Å². The van der Waals surface area contributed by atoms with Crippen molar-refractivity contribution in [2.45, 2.75) is 51.4 Å². The van der Waals surface area contributed by atoms with Gasteiger partial charge in [0.1, 0.15) is 0 Å². The van der Waals surface area contributed by atoms with E-state index < -0.39 is 0 Å². The molecule has 2 heteroatoms. The first-order chi connectivity index (χ1) is 7.35. The van der Waals surface area contributed by atoms with E-state index in [1.54, 1.807) is 0 Å². The molecule has 2 aliphatic rings. The van der Waals surface area contributed by atoms with Crippen LogP contribution in [0.1, 0.15) is 51.4 Å². The summed E-state index contributed by atoms with van der Waals surface area (Å²) in [5, 5.41) is 3.67. The zero-order valence-electron chi connectivity index (χ0n) is 9.93. The predicted octanol–water partition coefficient (Wildman–Crippen LogP) is 2.29. The molecule has 0 unspecified atom stereocenters. The molecule has 0 radical (unpaired) electrons. The van der Waals surface area contributed by atoms with E-state index in [-0.39, 0.29) is 0 Å². The maximum absolute atomic E-state index is 5.85. The lowest BCUT2D eigenvalue weighted by atomic mass is 9.69. The van der Waals surface area contributed by atoms with Gasteiger partial charge in [0.15, 0.2) is 0 Å². The molecule has 0 heterocycles. The maximum atomic E-state index is 5.85. The molecule has 15 heavy (non-hydrogen) atoms. The highest BCUT2D eigenvalue weighted by atomic mass is 14.9. The molecule has 2 fully saturated rings. The average molecular weight is 210 g/mol. The maximum Gasteiger partial charge on any atom is 0.00200 e. The van der Waals surface area contributed by atoms with Gasteiger partial charge >= 0.3 is 0 Å².